The van der Waals surface area contributed by atoms with E-state index in [1.54, 1.807) is 0 Å². The Hall–Kier alpha value is -1.62. The van der Waals surface area contributed by atoms with E-state index < -0.39 is 0 Å². The number of carbonyl (C=O) groups is 1. The van der Waals surface area contributed by atoms with Crippen LogP contribution >= 0.6 is 12.2 Å². The molecule has 4 nitrogen and oxygen atoms in total. The molecule has 0 radical (unpaired) electrons. The van der Waals surface area contributed by atoms with E-state index in [4.69, 9.17) is 18.0 Å². The van der Waals surface area contributed by atoms with Crippen LogP contribution < -0.4 is 16.0 Å². The Morgan fingerprint density at radius 2 is 2.14 bits per heavy atom. The molecule has 1 aromatic carbocycles. The van der Waals surface area contributed by atoms with Crippen LogP contribution in [0.1, 0.15) is 38.7 Å². The smallest absolute Gasteiger partial charge is 0.242 e. The first-order valence-electron chi connectivity index (χ1n) is 7.37. The van der Waals surface area contributed by atoms with Crippen LogP contribution in [-0.4, -0.2) is 30.5 Å². The molecule has 1 amide bonds. The summed E-state index contributed by atoms with van der Waals surface area (Å²) in [4.78, 5) is 14.4. The van der Waals surface area contributed by atoms with Crippen molar-refractivity contribution in [1.82, 2.24) is 5.32 Å². The minimum atomic E-state index is -0.242. The van der Waals surface area contributed by atoms with Crippen LogP contribution in [0.4, 0.5) is 5.69 Å². The zero-order chi connectivity index (χ0) is 15.8. The number of amides is 1. The number of anilines is 1. The van der Waals surface area contributed by atoms with Crippen molar-refractivity contribution in [3.05, 3.63) is 29.8 Å². The van der Waals surface area contributed by atoms with Crippen LogP contribution in [-0.2, 0) is 4.79 Å². The fourth-order valence-corrected chi connectivity index (χ4v) is 2.14. The monoisotopic (exact) mass is 307 g/mol. The number of unbranched alkanes of at least 4 members (excludes halogenated alkanes) is 2. The second-order valence-electron chi connectivity index (χ2n) is 5.20. The van der Waals surface area contributed by atoms with E-state index in [2.05, 4.69) is 12.2 Å². The largest absolute Gasteiger partial charge is 0.389 e. The summed E-state index contributed by atoms with van der Waals surface area (Å²) >= 11 is 4.99. The van der Waals surface area contributed by atoms with Crippen molar-refractivity contribution in [2.75, 3.05) is 18.5 Å². The van der Waals surface area contributed by atoms with Crippen LogP contribution in [0.15, 0.2) is 24.3 Å². The summed E-state index contributed by atoms with van der Waals surface area (Å²) in [5.41, 5.74) is 7.38. The number of thiocarbonyl (C=S) groups is 1. The minimum Gasteiger partial charge on any atom is -0.389 e. The van der Waals surface area contributed by atoms with Crippen molar-refractivity contribution in [1.29, 1.82) is 0 Å². The molecule has 0 aliphatic rings. The number of nitrogens with two attached hydrogens (primary N) is 1. The molecule has 0 aliphatic carbocycles. The summed E-state index contributed by atoms with van der Waals surface area (Å²) in [6.07, 6.45) is 3.31. The van der Waals surface area contributed by atoms with Gasteiger partial charge in [-0.15, -0.1) is 0 Å². The molecule has 0 heterocycles. The molecule has 0 spiro atoms. The molecule has 21 heavy (non-hydrogen) atoms. The molecule has 1 unspecified atom stereocenters. The Bertz CT molecular complexity index is 490. The first-order valence-corrected chi connectivity index (χ1v) is 7.78. The molecule has 1 rings (SSSR count). The second kappa shape index (κ2) is 8.62. The van der Waals surface area contributed by atoms with Crippen LogP contribution in [0, 0.1) is 0 Å². The highest BCUT2D eigenvalue weighted by Gasteiger charge is 2.18. The number of benzene rings is 1. The average molecular weight is 307 g/mol. The lowest BCUT2D eigenvalue weighted by molar-refractivity contribution is -0.122. The van der Waals surface area contributed by atoms with Gasteiger partial charge in [0.2, 0.25) is 5.91 Å². The van der Waals surface area contributed by atoms with Gasteiger partial charge in [-0.3, -0.25) is 4.79 Å². The van der Waals surface area contributed by atoms with Gasteiger partial charge in [-0.25, -0.2) is 0 Å². The molecule has 116 valence electrons. The maximum Gasteiger partial charge on any atom is 0.242 e. The third-order valence-electron chi connectivity index (χ3n) is 3.58. The Morgan fingerprint density at radius 1 is 1.43 bits per heavy atom. The number of hydrogen-bond donors (Lipinski definition) is 2. The predicted octanol–water partition coefficient (Wildman–Crippen LogP) is 2.45. The highest BCUT2D eigenvalue weighted by Crippen LogP contribution is 2.17. The number of hydrogen-bond acceptors (Lipinski definition) is 3. The number of nitrogens with one attached hydrogen (secondary N) is 1. The molecule has 0 aliphatic heterocycles. The summed E-state index contributed by atoms with van der Waals surface area (Å²) in [6.45, 7) is 4.77. The summed E-state index contributed by atoms with van der Waals surface area (Å²) in [5.74, 6) is 0.0364. The van der Waals surface area contributed by atoms with Gasteiger partial charge >= 0.3 is 0 Å². The highest BCUT2D eigenvalue weighted by molar-refractivity contribution is 7.80. The average Bonchev–Trinajstić information content (AvgIpc) is 2.50. The van der Waals surface area contributed by atoms with Gasteiger partial charge in [0.1, 0.15) is 11.0 Å². The molecular formula is C16H25N3OS. The molecular weight excluding hydrogens is 282 g/mol. The molecule has 0 fully saturated rings. The van der Waals surface area contributed by atoms with E-state index >= 15 is 0 Å². The number of nitrogens with zero attached hydrogens (tertiary/aromatic N) is 1. The van der Waals surface area contributed by atoms with Crippen LogP contribution in [0.3, 0.4) is 0 Å². The number of rotatable bonds is 8. The lowest BCUT2D eigenvalue weighted by Crippen LogP contribution is -2.43. The quantitative estimate of drug-likeness (QED) is 0.572. The van der Waals surface area contributed by atoms with E-state index in [0.717, 1.165) is 37.1 Å². The standard InChI is InChI=1S/C16H25N3OS/c1-4-5-6-10-18-16(20)12(2)19(3)14-9-7-8-13(11-14)15(17)21/h7-9,11-12H,4-6,10H2,1-3H3,(H2,17,21)(H,18,20). The molecule has 0 bridgehead atoms. The third kappa shape index (κ3) is 5.34. The zero-order valence-corrected chi connectivity index (χ0v) is 13.9. The van der Waals surface area contributed by atoms with E-state index in [1.165, 1.54) is 0 Å². The van der Waals surface area contributed by atoms with E-state index in [9.17, 15) is 4.79 Å². The SMILES string of the molecule is CCCCCNC(=O)C(C)N(C)c1cccc(C(N)=S)c1. The predicted molar refractivity (Wildman–Crippen MR) is 92.7 cm³/mol. The fourth-order valence-electron chi connectivity index (χ4n) is 2.01. The van der Waals surface area contributed by atoms with E-state index in [1.807, 2.05) is 43.1 Å². The highest BCUT2D eigenvalue weighted by atomic mass is 32.1. The summed E-state index contributed by atoms with van der Waals surface area (Å²) in [5, 5.41) is 2.97. The van der Waals surface area contributed by atoms with Crippen molar-refractivity contribution < 1.29 is 4.79 Å². The first-order chi connectivity index (χ1) is 9.97. The molecule has 0 aromatic heterocycles. The second-order valence-corrected chi connectivity index (χ2v) is 5.64. The van der Waals surface area contributed by atoms with Gasteiger partial charge in [0.15, 0.2) is 0 Å². The van der Waals surface area contributed by atoms with Gasteiger partial charge in [0, 0.05) is 24.8 Å². The van der Waals surface area contributed by atoms with Crippen molar-refractivity contribution >= 4 is 28.8 Å². The first kappa shape index (κ1) is 17.4. The van der Waals surface area contributed by atoms with Gasteiger partial charge < -0.3 is 16.0 Å². The maximum absolute atomic E-state index is 12.1. The van der Waals surface area contributed by atoms with Gasteiger partial charge in [0.05, 0.1) is 0 Å². The summed E-state index contributed by atoms with van der Waals surface area (Å²) in [7, 11) is 1.90. The lowest BCUT2D eigenvalue weighted by atomic mass is 10.1. The van der Waals surface area contributed by atoms with Crippen molar-refractivity contribution in [3.63, 3.8) is 0 Å². The Kier molecular flexibility index (Phi) is 7.15. The summed E-state index contributed by atoms with van der Waals surface area (Å²) in [6, 6.07) is 7.38. The zero-order valence-electron chi connectivity index (χ0n) is 13.1. The molecule has 5 heteroatoms. The molecule has 1 aromatic rings. The van der Waals surface area contributed by atoms with Crippen LogP contribution in [0.5, 0.6) is 0 Å². The summed E-state index contributed by atoms with van der Waals surface area (Å²) < 4.78 is 0. The van der Waals surface area contributed by atoms with Crippen LogP contribution in [0.25, 0.3) is 0 Å². The van der Waals surface area contributed by atoms with Crippen LogP contribution in [0.2, 0.25) is 0 Å². The fraction of sp³-hybridized carbons (Fsp3) is 0.500. The Balaban J connectivity index is 2.64. The molecule has 0 saturated carbocycles. The van der Waals surface area contributed by atoms with E-state index in [0.29, 0.717) is 4.99 Å². The number of carbonyl (C=O) groups excluding carboxylic acids is 1. The van der Waals surface area contributed by atoms with E-state index in [-0.39, 0.29) is 11.9 Å². The van der Waals surface area contributed by atoms with Crippen molar-refractivity contribution in [2.45, 2.75) is 39.2 Å². The van der Waals surface area contributed by atoms with Gasteiger partial charge in [-0.05, 0) is 25.5 Å². The van der Waals surface area contributed by atoms with Gasteiger partial charge in [-0.2, -0.15) is 0 Å². The normalized spacial score (nSPS) is 11.8. The van der Waals surface area contributed by atoms with Crippen molar-refractivity contribution in [2.24, 2.45) is 5.73 Å². The Labute approximate surface area is 132 Å². The van der Waals surface area contributed by atoms with Gasteiger partial charge in [-0.1, -0.05) is 44.1 Å². The van der Waals surface area contributed by atoms with Gasteiger partial charge in [0.25, 0.3) is 0 Å². The van der Waals surface area contributed by atoms with Crippen molar-refractivity contribution in [3.8, 4) is 0 Å². The Morgan fingerprint density at radius 3 is 2.76 bits per heavy atom. The molecule has 1 atom stereocenters. The molecule has 3 N–H and O–H groups in total. The topological polar surface area (TPSA) is 58.4 Å². The minimum absolute atomic E-state index is 0.0364. The maximum atomic E-state index is 12.1. The lowest BCUT2D eigenvalue weighted by Gasteiger charge is -2.26. The third-order valence-corrected chi connectivity index (χ3v) is 3.81. The molecule has 0 saturated heterocycles. The number of likely N-dealkylation sites (N-methyl/N-ethyl adjacent to an activating group) is 1.